The van der Waals surface area contributed by atoms with E-state index in [1.165, 1.54) is 186 Å². The highest BCUT2D eigenvalue weighted by atomic mass is 31.2. The van der Waals surface area contributed by atoms with Gasteiger partial charge in [0.2, 0.25) is 0 Å². The van der Waals surface area contributed by atoms with E-state index in [0.29, 0.717) is 17.4 Å². The molecule has 358 valence electrons. The monoisotopic (exact) mass is 874 g/mol. The quantitative estimate of drug-likeness (QED) is 0.0257. The zero-order valence-electron chi connectivity index (χ0n) is 40.4. The van der Waals surface area contributed by atoms with E-state index < -0.39 is 26.5 Å². The number of carbonyl (C=O) groups is 2. The molecule has 60 heavy (non-hydrogen) atoms. The van der Waals surface area contributed by atoms with Crippen molar-refractivity contribution in [3.63, 3.8) is 0 Å². The van der Waals surface area contributed by atoms with Gasteiger partial charge in [-0.1, -0.05) is 232 Å². The van der Waals surface area contributed by atoms with Gasteiger partial charge in [-0.25, -0.2) is 0 Å². The molecule has 0 spiro atoms. The third-order valence-corrected chi connectivity index (χ3v) is 12.6. The standard InChI is InChI=1S/C50H100NO8P/c1-6-8-10-12-14-15-16-17-18-19-20-21-22-23-24-25-26-27-28-29-30-31-32-33-34-35-36-37-39-41-43-50(53)59-48(46-56-49(52)42-40-38-13-11-9-7-2)47-58-60(54,55)57-45-44-51(3,4)5/h48H,6-47H2,1-5H3. The Kier molecular flexibility index (Phi) is 42.6. The summed E-state index contributed by atoms with van der Waals surface area (Å²) in [4.78, 5) is 37.3. The van der Waals surface area contributed by atoms with Crippen molar-refractivity contribution in [1.82, 2.24) is 0 Å². The largest absolute Gasteiger partial charge is 0.756 e. The van der Waals surface area contributed by atoms with E-state index in [1.54, 1.807) is 0 Å². The van der Waals surface area contributed by atoms with Gasteiger partial charge >= 0.3 is 11.9 Å². The van der Waals surface area contributed by atoms with Crippen LogP contribution in [0.15, 0.2) is 0 Å². The molecule has 0 fully saturated rings. The second kappa shape index (κ2) is 43.3. The second-order valence-corrected chi connectivity index (χ2v) is 20.3. The highest BCUT2D eigenvalue weighted by Crippen LogP contribution is 2.38. The summed E-state index contributed by atoms with van der Waals surface area (Å²) < 4.78 is 33.8. The molecule has 0 aliphatic heterocycles. The summed E-state index contributed by atoms with van der Waals surface area (Å²) in [6, 6.07) is 0. The maximum absolute atomic E-state index is 12.7. The Morgan fingerprint density at radius 1 is 0.450 bits per heavy atom. The first-order valence-corrected chi connectivity index (χ1v) is 27.2. The van der Waals surface area contributed by atoms with Crippen molar-refractivity contribution in [3.05, 3.63) is 0 Å². The smallest absolute Gasteiger partial charge is 0.306 e. The van der Waals surface area contributed by atoms with E-state index in [1.807, 2.05) is 21.1 Å². The zero-order chi connectivity index (χ0) is 44.3. The van der Waals surface area contributed by atoms with Gasteiger partial charge in [-0.3, -0.25) is 14.2 Å². The summed E-state index contributed by atoms with van der Waals surface area (Å²) in [6.45, 7) is 4.20. The van der Waals surface area contributed by atoms with E-state index >= 15 is 0 Å². The molecule has 0 aliphatic rings. The Morgan fingerprint density at radius 2 is 0.750 bits per heavy atom. The molecule has 0 radical (unpaired) electrons. The Morgan fingerprint density at radius 3 is 1.07 bits per heavy atom. The fourth-order valence-corrected chi connectivity index (χ4v) is 8.33. The lowest BCUT2D eigenvalue weighted by molar-refractivity contribution is -0.870. The van der Waals surface area contributed by atoms with E-state index in [0.717, 1.165) is 38.5 Å². The van der Waals surface area contributed by atoms with E-state index in [2.05, 4.69) is 13.8 Å². The number of hydrogen-bond acceptors (Lipinski definition) is 8. The van der Waals surface area contributed by atoms with Gasteiger partial charge in [0.05, 0.1) is 27.7 Å². The fourth-order valence-electron chi connectivity index (χ4n) is 7.60. The van der Waals surface area contributed by atoms with Crippen molar-refractivity contribution in [2.45, 2.75) is 264 Å². The van der Waals surface area contributed by atoms with Crippen LogP contribution in [-0.4, -0.2) is 70.0 Å². The molecule has 0 saturated heterocycles. The topological polar surface area (TPSA) is 111 Å². The molecule has 0 aromatic rings. The summed E-state index contributed by atoms with van der Waals surface area (Å²) in [5.41, 5.74) is 0. The minimum atomic E-state index is -4.61. The number of ether oxygens (including phenoxy) is 2. The number of phosphoric acid groups is 1. The molecule has 10 heteroatoms. The second-order valence-electron chi connectivity index (χ2n) is 18.9. The summed E-state index contributed by atoms with van der Waals surface area (Å²) >= 11 is 0. The first-order valence-electron chi connectivity index (χ1n) is 25.7. The third-order valence-electron chi connectivity index (χ3n) is 11.6. The molecule has 0 amide bonds. The summed E-state index contributed by atoms with van der Waals surface area (Å²) in [7, 11) is 1.18. The van der Waals surface area contributed by atoms with Crippen molar-refractivity contribution in [2.75, 3.05) is 47.5 Å². The average Bonchev–Trinajstić information content (AvgIpc) is 3.20. The number of phosphoric ester groups is 1. The van der Waals surface area contributed by atoms with Crippen LogP contribution in [0.2, 0.25) is 0 Å². The number of quaternary nitrogens is 1. The number of esters is 2. The summed E-state index contributed by atoms with van der Waals surface area (Å²) in [5, 5.41) is 0. The minimum absolute atomic E-state index is 0.0261. The maximum Gasteiger partial charge on any atom is 0.306 e. The van der Waals surface area contributed by atoms with Crippen LogP contribution in [0.5, 0.6) is 0 Å². The molecule has 0 heterocycles. The Bertz CT molecular complexity index is 990. The van der Waals surface area contributed by atoms with Gasteiger partial charge in [0.1, 0.15) is 19.8 Å². The van der Waals surface area contributed by atoms with Gasteiger partial charge in [0, 0.05) is 12.8 Å². The van der Waals surface area contributed by atoms with Crippen LogP contribution in [0.1, 0.15) is 258 Å². The first kappa shape index (κ1) is 59.0. The molecule has 2 unspecified atom stereocenters. The molecule has 9 nitrogen and oxygen atoms in total. The molecular weight excluding hydrogens is 774 g/mol. The van der Waals surface area contributed by atoms with Crippen LogP contribution in [-0.2, 0) is 32.7 Å². The van der Waals surface area contributed by atoms with E-state index in [9.17, 15) is 19.0 Å². The van der Waals surface area contributed by atoms with Gasteiger partial charge in [-0.15, -0.1) is 0 Å². The number of hydrogen-bond donors (Lipinski definition) is 0. The number of likely N-dealkylation sites (N-methyl/N-ethyl adjacent to an activating group) is 1. The molecule has 0 bridgehead atoms. The Balaban J connectivity index is 3.86. The SMILES string of the molecule is CCCCCCCCCCCCCCCCCCCCCCCCCCCCCCCCC(=O)OC(COC(=O)CCCCCCCC)COP(=O)([O-])OCC[N+](C)(C)C. The van der Waals surface area contributed by atoms with Gasteiger partial charge in [0.15, 0.2) is 6.10 Å². The molecule has 0 aromatic carbocycles. The molecule has 0 rings (SSSR count). The zero-order valence-corrected chi connectivity index (χ0v) is 41.3. The van der Waals surface area contributed by atoms with Crippen molar-refractivity contribution in [1.29, 1.82) is 0 Å². The molecule has 0 aromatic heterocycles. The molecule has 0 N–H and O–H groups in total. The van der Waals surface area contributed by atoms with Gasteiger partial charge in [0.25, 0.3) is 7.82 Å². The summed E-state index contributed by atoms with van der Waals surface area (Å²) in [5.74, 6) is -0.829. The average molecular weight is 874 g/mol. The molecule has 0 aliphatic carbocycles. The number of nitrogens with zero attached hydrogens (tertiary/aromatic N) is 1. The highest BCUT2D eigenvalue weighted by Gasteiger charge is 2.21. The lowest BCUT2D eigenvalue weighted by atomic mass is 10.0. The van der Waals surface area contributed by atoms with Crippen LogP contribution >= 0.6 is 7.82 Å². The Labute approximate surface area is 372 Å². The predicted octanol–water partition coefficient (Wildman–Crippen LogP) is 14.5. The predicted molar refractivity (Wildman–Crippen MR) is 250 cm³/mol. The van der Waals surface area contributed by atoms with Crippen LogP contribution in [0.25, 0.3) is 0 Å². The lowest BCUT2D eigenvalue weighted by Gasteiger charge is -2.28. The van der Waals surface area contributed by atoms with Crippen LogP contribution < -0.4 is 4.89 Å². The van der Waals surface area contributed by atoms with Crippen LogP contribution in [0.3, 0.4) is 0 Å². The third kappa shape index (κ3) is 46.5. The molecule has 2 atom stereocenters. The number of carbonyl (C=O) groups excluding carboxylic acids is 2. The summed E-state index contributed by atoms with van der Waals surface area (Å²) in [6.07, 6.45) is 46.3. The van der Waals surface area contributed by atoms with Gasteiger partial charge < -0.3 is 27.9 Å². The molecular formula is C50H100NO8P. The van der Waals surface area contributed by atoms with E-state index in [4.69, 9.17) is 18.5 Å². The van der Waals surface area contributed by atoms with Crippen molar-refractivity contribution >= 4 is 19.8 Å². The minimum Gasteiger partial charge on any atom is -0.756 e. The van der Waals surface area contributed by atoms with Crippen LogP contribution in [0.4, 0.5) is 0 Å². The van der Waals surface area contributed by atoms with Crippen molar-refractivity contribution in [3.8, 4) is 0 Å². The molecule has 0 saturated carbocycles. The van der Waals surface area contributed by atoms with Crippen molar-refractivity contribution in [2.24, 2.45) is 0 Å². The van der Waals surface area contributed by atoms with Crippen molar-refractivity contribution < 1.29 is 42.1 Å². The number of unbranched alkanes of at least 4 members (excludes halogenated alkanes) is 34. The first-order chi connectivity index (χ1) is 29.0. The Hall–Kier alpha value is -0.990. The number of rotatable bonds is 48. The van der Waals surface area contributed by atoms with Gasteiger partial charge in [-0.2, -0.15) is 0 Å². The maximum atomic E-state index is 12.7. The van der Waals surface area contributed by atoms with Crippen LogP contribution in [0, 0.1) is 0 Å². The van der Waals surface area contributed by atoms with Gasteiger partial charge in [-0.05, 0) is 12.8 Å². The lowest BCUT2D eigenvalue weighted by Crippen LogP contribution is -2.37. The highest BCUT2D eigenvalue weighted by molar-refractivity contribution is 7.45. The van der Waals surface area contributed by atoms with E-state index in [-0.39, 0.29) is 32.0 Å². The normalized spacial score (nSPS) is 13.4. The fraction of sp³-hybridized carbons (Fsp3) is 0.960.